The van der Waals surface area contributed by atoms with Crippen molar-refractivity contribution in [3.05, 3.63) is 23.8 Å². The summed E-state index contributed by atoms with van der Waals surface area (Å²) in [5.41, 5.74) is 1.30. The minimum atomic E-state index is -3.35. The Hall–Kier alpha value is -1.32. The number of rotatable bonds is 3. The van der Waals surface area contributed by atoms with E-state index in [2.05, 4.69) is 9.71 Å². The number of thioether (sulfide) groups is 1. The molecule has 0 aliphatic carbocycles. The maximum atomic E-state index is 12.5. The Morgan fingerprint density at radius 2 is 2.05 bits per heavy atom. The van der Waals surface area contributed by atoms with Crippen LogP contribution < -0.4 is 4.72 Å². The van der Waals surface area contributed by atoms with Gasteiger partial charge in [-0.15, -0.1) is 0 Å². The highest BCUT2D eigenvalue weighted by Crippen LogP contribution is 2.28. The van der Waals surface area contributed by atoms with Crippen LogP contribution in [-0.4, -0.2) is 55.1 Å². The summed E-state index contributed by atoms with van der Waals surface area (Å²) >= 11 is 3.08. The summed E-state index contributed by atoms with van der Waals surface area (Å²) in [6, 6.07) is 5.28. The van der Waals surface area contributed by atoms with Gasteiger partial charge in [0.1, 0.15) is 0 Å². The Morgan fingerprint density at radius 1 is 1.32 bits per heavy atom. The van der Waals surface area contributed by atoms with Crippen molar-refractivity contribution in [2.75, 3.05) is 35.6 Å². The molecule has 1 aromatic heterocycles. The summed E-state index contributed by atoms with van der Waals surface area (Å²) in [7, 11) is -3.35. The first-order valence-corrected chi connectivity index (χ1v) is 10.5. The van der Waals surface area contributed by atoms with E-state index in [1.807, 2.05) is 16.7 Å². The fraction of sp³-hybridized carbons (Fsp3) is 0.385. The van der Waals surface area contributed by atoms with Crippen LogP contribution in [0.15, 0.2) is 18.2 Å². The molecule has 1 aliphatic heterocycles. The molecule has 1 fully saturated rings. The van der Waals surface area contributed by atoms with Crippen molar-refractivity contribution < 1.29 is 13.2 Å². The molecule has 2 heterocycles. The highest BCUT2D eigenvalue weighted by atomic mass is 32.2. The fourth-order valence-electron chi connectivity index (χ4n) is 2.21. The minimum absolute atomic E-state index is 0.0215. The molecule has 1 N–H and O–H groups in total. The molecule has 0 radical (unpaired) electrons. The second kappa shape index (κ2) is 6.05. The molecule has 0 spiro atoms. The molecule has 0 atom stereocenters. The quantitative estimate of drug-likeness (QED) is 0.907. The zero-order valence-corrected chi connectivity index (χ0v) is 14.4. The van der Waals surface area contributed by atoms with Gasteiger partial charge in [0.05, 0.1) is 16.5 Å². The van der Waals surface area contributed by atoms with Crippen LogP contribution in [0.1, 0.15) is 10.4 Å². The van der Waals surface area contributed by atoms with Crippen LogP contribution in [0, 0.1) is 0 Å². The summed E-state index contributed by atoms with van der Waals surface area (Å²) in [6.45, 7) is 1.54. The second-order valence-electron chi connectivity index (χ2n) is 4.98. The van der Waals surface area contributed by atoms with Crippen LogP contribution >= 0.6 is 23.1 Å². The van der Waals surface area contributed by atoms with E-state index in [4.69, 9.17) is 0 Å². The standard InChI is InChI=1S/C13H15N3O3S3/c1-22(18,19)15-13-14-10-3-2-9(8-11(10)21-13)12(17)16-4-6-20-7-5-16/h2-3,8H,4-7H2,1H3,(H,14,15). The smallest absolute Gasteiger partial charge is 0.253 e. The third-order valence-corrected chi connectivity index (χ3v) is 5.78. The molecule has 6 nitrogen and oxygen atoms in total. The van der Waals surface area contributed by atoms with Crippen LogP contribution in [0.4, 0.5) is 5.13 Å². The molecule has 3 rings (SSSR count). The topological polar surface area (TPSA) is 79.4 Å². The normalized spacial score (nSPS) is 16.0. The Bertz CT molecular complexity index is 810. The largest absolute Gasteiger partial charge is 0.337 e. The Kier molecular flexibility index (Phi) is 4.28. The second-order valence-corrected chi connectivity index (χ2v) is 8.98. The zero-order chi connectivity index (χ0) is 15.7. The minimum Gasteiger partial charge on any atom is -0.337 e. The van der Waals surface area contributed by atoms with Gasteiger partial charge < -0.3 is 4.90 Å². The third-order valence-electron chi connectivity index (χ3n) is 3.21. The average molecular weight is 357 g/mol. The third kappa shape index (κ3) is 3.53. The fourth-order valence-corrected chi connectivity index (χ4v) is 4.85. The summed E-state index contributed by atoms with van der Waals surface area (Å²) in [6.07, 6.45) is 1.09. The van der Waals surface area contributed by atoms with Gasteiger partial charge in [0.25, 0.3) is 5.91 Å². The van der Waals surface area contributed by atoms with Crippen molar-refractivity contribution in [1.82, 2.24) is 9.88 Å². The van der Waals surface area contributed by atoms with E-state index in [1.54, 1.807) is 18.2 Å². The van der Waals surface area contributed by atoms with E-state index >= 15 is 0 Å². The van der Waals surface area contributed by atoms with Crippen molar-refractivity contribution in [2.24, 2.45) is 0 Å². The number of thiazole rings is 1. The van der Waals surface area contributed by atoms with Crippen molar-refractivity contribution in [3.8, 4) is 0 Å². The van der Waals surface area contributed by atoms with E-state index in [1.165, 1.54) is 11.3 Å². The Morgan fingerprint density at radius 3 is 2.73 bits per heavy atom. The number of carbonyl (C=O) groups is 1. The number of nitrogens with one attached hydrogen (secondary N) is 1. The number of amides is 1. The molecule has 0 bridgehead atoms. The SMILES string of the molecule is CS(=O)(=O)Nc1nc2ccc(C(=O)N3CCSCC3)cc2s1. The molecule has 1 aliphatic rings. The monoisotopic (exact) mass is 357 g/mol. The Balaban J connectivity index is 1.87. The summed E-state index contributed by atoms with van der Waals surface area (Å²) in [5, 5.41) is 0.316. The first kappa shape index (κ1) is 15.6. The van der Waals surface area contributed by atoms with Crippen LogP contribution in [0.5, 0.6) is 0 Å². The van der Waals surface area contributed by atoms with Gasteiger partial charge in [-0.2, -0.15) is 11.8 Å². The molecule has 2 aromatic rings. The Labute approximate surface area is 137 Å². The molecule has 0 saturated carbocycles. The van der Waals surface area contributed by atoms with Crippen molar-refractivity contribution in [2.45, 2.75) is 0 Å². The number of benzene rings is 1. The maximum Gasteiger partial charge on any atom is 0.253 e. The zero-order valence-electron chi connectivity index (χ0n) is 11.9. The number of nitrogens with zero attached hydrogens (tertiary/aromatic N) is 2. The number of anilines is 1. The molecular formula is C13H15N3O3S3. The molecule has 1 saturated heterocycles. The van der Waals surface area contributed by atoms with E-state index < -0.39 is 10.0 Å². The van der Waals surface area contributed by atoms with Crippen LogP contribution in [0.25, 0.3) is 10.2 Å². The van der Waals surface area contributed by atoms with Crippen molar-refractivity contribution in [1.29, 1.82) is 0 Å². The van der Waals surface area contributed by atoms with Gasteiger partial charge in [-0.25, -0.2) is 13.4 Å². The maximum absolute atomic E-state index is 12.5. The van der Waals surface area contributed by atoms with Gasteiger partial charge in [0, 0.05) is 30.2 Å². The van der Waals surface area contributed by atoms with E-state index in [-0.39, 0.29) is 5.91 Å². The lowest BCUT2D eigenvalue weighted by atomic mass is 10.2. The summed E-state index contributed by atoms with van der Waals surface area (Å²) in [4.78, 5) is 18.5. The van der Waals surface area contributed by atoms with Gasteiger partial charge in [0.2, 0.25) is 10.0 Å². The molecule has 22 heavy (non-hydrogen) atoms. The first-order chi connectivity index (χ1) is 10.4. The van der Waals surface area contributed by atoms with Crippen molar-refractivity contribution in [3.63, 3.8) is 0 Å². The molecule has 118 valence electrons. The van der Waals surface area contributed by atoms with Gasteiger partial charge in [-0.1, -0.05) is 11.3 Å². The molecule has 1 amide bonds. The lowest BCUT2D eigenvalue weighted by Crippen LogP contribution is -2.37. The average Bonchev–Trinajstić information content (AvgIpc) is 2.86. The summed E-state index contributed by atoms with van der Waals surface area (Å²) in [5.74, 6) is 1.96. The number of hydrogen-bond donors (Lipinski definition) is 1. The lowest BCUT2D eigenvalue weighted by Gasteiger charge is -2.26. The van der Waals surface area contributed by atoms with Crippen LogP contribution in [0.3, 0.4) is 0 Å². The molecular weight excluding hydrogens is 342 g/mol. The highest BCUT2D eigenvalue weighted by Gasteiger charge is 2.19. The first-order valence-electron chi connectivity index (χ1n) is 6.68. The van der Waals surface area contributed by atoms with Gasteiger partial charge in [-0.3, -0.25) is 9.52 Å². The van der Waals surface area contributed by atoms with Gasteiger partial charge in [-0.05, 0) is 18.2 Å². The predicted molar refractivity (Wildman–Crippen MR) is 91.3 cm³/mol. The van der Waals surface area contributed by atoms with Crippen molar-refractivity contribution >= 4 is 54.4 Å². The number of sulfonamides is 1. The molecule has 1 aromatic carbocycles. The lowest BCUT2D eigenvalue weighted by molar-refractivity contribution is 0.0772. The van der Waals surface area contributed by atoms with Gasteiger partial charge in [0.15, 0.2) is 5.13 Å². The number of hydrogen-bond acceptors (Lipinski definition) is 6. The van der Waals surface area contributed by atoms with E-state index in [0.29, 0.717) is 16.2 Å². The number of aromatic nitrogens is 1. The number of fused-ring (bicyclic) bond motifs is 1. The van der Waals surface area contributed by atoms with Crippen LogP contribution in [0.2, 0.25) is 0 Å². The summed E-state index contributed by atoms with van der Waals surface area (Å²) < 4.78 is 25.7. The van der Waals surface area contributed by atoms with E-state index in [0.717, 1.165) is 35.6 Å². The highest BCUT2D eigenvalue weighted by molar-refractivity contribution is 7.99. The number of carbonyl (C=O) groups excluding carboxylic acids is 1. The van der Waals surface area contributed by atoms with E-state index in [9.17, 15) is 13.2 Å². The predicted octanol–water partition coefficient (Wildman–Crippen LogP) is 1.86. The van der Waals surface area contributed by atoms with Gasteiger partial charge >= 0.3 is 0 Å². The molecule has 9 heteroatoms. The molecule has 0 unspecified atom stereocenters. The van der Waals surface area contributed by atoms with Crippen LogP contribution in [-0.2, 0) is 10.0 Å².